The molecule has 2 heterocycles. The summed E-state index contributed by atoms with van der Waals surface area (Å²) in [6.45, 7) is 1.93. The van der Waals surface area contributed by atoms with Crippen molar-refractivity contribution in [2.45, 2.75) is 18.8 Å². The van der Waals surface area contributed by atoms with E-state index in [1.165, 1.54) is 0 Å². The third-order valence-electron chi connectivity index (χ3n) is 3.43. The molecule has 1 amide bonds. The highest BCUT2D eigenvalue weighted by atomic mass is 35.5. The van der Waals surface area contributed by atoms with Gasteiger partial charge in [-0.05, 0) is 25.5 Å². The van der Waals surface area contributed by atoms with Crippen LogP contribution in [0.25, 0.3) is 11.0 Å². The Morgan fingerprint density at radius 3 is 3.05 bits per heavy atom. The minimum Gasteiger partial charge on any atom is -0.408 e. The van der Waals surface area contributed by atoms with Crippen molar-refractivity contribution >= 4 is 28.7 Å². The number of nitrogens with zero attached hydrogens (tertiary/aromatic N) is 1. The Balaban J connectivity index is 2.02. The predicted octanol–water partition coefficient (Wildman–Crippen LogP) is 2.14. The van der Waals surface area contributed by atoms with Gasteiger partial charge in [0, 0.05) is 23.6 Å². The summed E-state index contributed by atoms with van der Waals surface area (Å²) in [5.74, 6) is 1.49. The molecule has 0 spiro atoms. The Morgan fingerprint density at radius 1 is 1.50 bits per heavy atom. The van der Waals surface area contributed by atoms with Crippen LogP contribution in [-0.2, 0) is 0 Å². The minimum absolute atomic E-state index is 0.284. The van der Waals surface area contributed by atoms with Gasteiger partial charge in [0.2, 0.25) is 0 Å². The maximum atomic E-state index is 10.9. The number of aromatic amines is 1. The topological polar surface area (TPSA) is 93.0 Å². The van der Waals surface area contributed by atoms with Crippen LogP contribution >= 0.6 is 11.6 Å². The number of H-pyrrole nitrogens is 1. The monoisotopic (exact) mass is 294 g/mol. The normalized spacial score (nSPS) is 19.1. The highest BCUT2D eigenvalue weighted by Crippen LogP contribution is 2.31. The second kappa shape index (κ2) is 5.30. The van der Waals surface area contributed by atoms with E-state index in [1.807, 2.05) is 0 Å². The number of fused-ring (bicyclic) bond motifs is 1. The Kier molecular flexibility index (Phi) is 3.50. The van der Waals surface area contributed by atoms with Crippen LogP contribution in [0.3, 0.4) is 0 Å². The van der Waals surface area contributed by atoms with E-state index >= 15 is 0 Å². The zero-order chi connectivity index (χ0) is 14.1. The van der Waals surface area contributed by atoms with Crippen molar-refractivity contribution in [2.24, 2.45) is 5.73 Å². The minimum atomic E-state index is -0.877. The number of halogens is 1. The SMILES string of the molecule is NC(=O)Oc1cc(Cl)cc2[nH]c(C3CCCNC3)nc12. The van der Waals surface area contributed by atoms with Gasteiger partial charge in [-0.15, -0.1) is 0 Å². The number of nitrogens with one attached hydrogen (secondary N) is 2. The number of piperidine rings is 1. The first-order valence-electron chi connectivity index (χ1n) is 6.50. The maximum Gasteiger partial charge on any atom is 0.410 e. The van der Waals surface area contributed by atoms with Crippen LogP contribution in [0.15, 0.2) is 12.1 Å². The number of amides is 1. The van der Waals surface area contributed by atoms with E-state index in [0.29, 0.717) is 16.5 Å². The van der Waals surface area contributed by atoms with Crippen LogP contribution in [0.2, 0.25) is 5.02 Å². The molecular weight excluding hydrogens is 280 g/mol. The summed E-state index contributed by atoms with van der Waals surface area (Å²) in [5.41, 5.74) is 6.39. The van der Waals surface area contributed by atoms with Gasteiger partial charge in [-0.3, -0.25) is 0 Å². The molecule has 2 aromatic rings. The lowest BCUT2D eigenvalue weighted by Gasteiger charge is -2.20. The summed E-state index contributed by atoms with van der Waals surface area (Å²) >= 11 is 6.01. The van der Waals surface area contributed by atoms with Crippen molar-refractivity contribution in [3.05, 3.63) is 23.0 Å². The third-order valence-corrected chi connectivity index (χ3v) is 3.65. The van der Waals surface area contributed by atoms with Crippen molar-refractivity contribution in [1.29, 1.82) is 0 Å². The highest BCUT2D eigenvalue weighted by molar-refractivity contribution is 6.31. The molecule has 1 aromatic heterocycles. The summed E-state index contributed by atoms with van der Waals surface area (Å²) in [4.78, 5) is 18.7. The molecule has 106 valence electrons. The standard InChI is InChI=1S/C13H15ClN4O2/c14-8-4-9-11(10(5-8)20-13(15)19)18-12(17-9)7-2-1-3-16-6-7/h4-5,7,16H,1-3,6H2,(H2,15,19)(H,17,18). The molecule has 20 heavy (non-hydrogen) atoms. The molecule has 1 aliphatic heterocycles. The lowest BCUT2D eigenvalue weighted by molar-refractivity contribution is 0.211. The van der Waals surface area contributed by atoms with E-state index in [0.717, 1.165) is 37.3 Å². The average Bonchev–Trinajstić information content (AvgIpc) is 2.83. The van der Waals surface area contributed by atoms with E-state index in [9.17, 15) is 4.79 Å². The molecule has 0 radical (unpaired) electrons. The molecule has 1 atom stereocenters. The molecule has 1 fully saturated rings. The Morgan fingerprint density at radius 2 is 2.35 bits per heavy atom. The fourth-order valence-electron chi connectivity index (χ4n) is 2.54. The second-order valence-electron chi connectivity index (χ2n) is 4.89. The van der Waals surface area contributed by atoms with Crippen molar-refractivity contribution in [3.63, 3.8) is 0 Å². The number of nitrogens with two attached hydrogens (primary N) is 1. The van der Waals surface area contributed by atoms with Crippen molar-refractivity contribution in [2.75, 3.05) is 13.1 Å². The summed E-state index contributed by atoms with van der Waals surface area (Å²) < 4.78 is 4.97. The van der Waals surface area contributed by atoms with Gasteiger partial charge in [-0.25, -0.2) is 9.78 Å². The Bertz CT molecular complexity index is 649. The molecule has 4 N–H and O–H groups in total. The van der Waals surface area contributed by atoms with Gasteiger partial charge in [0.05, 0.1) is 5.52 Å². The number of primary amides is 1. The van der Waals surface area contributed by atoms with Crippen LogP contribution in [0, 0.1) is 0 Å². The number of hydrogen-bond donors (Lipinski definition) is 3. The lowest BCUT2D eigenvalue weighted by atomic mass is 9.99. The molecule has 3 rings (SSSR count). The van der Waals surface area contributed by atoms with Crippen LogP contribution in [0.5, 0.6) is 5.75 Å². The molecular formula is C13H15ClN4O2. The quantitative estimate of drug-likeness (QED) is 0.791. The second-order valence-corrected chi connectivity index (χ2v) is 5.32. The first kappa shape index (κ1) is 13.2. The van der Waals surface area contributed by atoms with Crippen molar-refractivity contribution < 1.29 is 9.53 Å². The highest BCUT2D eigenvalue weighted by Gasteiger charge is 2.20. The first-order valence-corrected chi connectivity index (χ1v) is 6.88. The molecule has 1 saturated heterocycles. The van der Waals surface area contributed by atoms with Crippen LogP contribution in [0.1, 0.15) is 24.6 Å². The van der Waals surface area contributed by atoms with Gasteiger partial charge in [-0.2, -0.15) is 0 Å². The van der Waals surface area contributed by atoms with Gasteiger partial charge >= 0.3 is 6.09 Å². The van der Waals surface area contributed by atoms with E-state index < -0.39 is 6.09 Å². The number of carbonyl (C=O) groups is 1. The van der Waals surface area contributed by atoms with Gasteiger partial charge in [-0.1, -0.05) is 11.6 Å². The van der Waals surface area contributed by atoms with E-state index in [4.69, 9.17) is 22.1 Å². The van der Waals surface area contributed by atoms with Gasteiger partial charge in [0.1, 0.15) is 11.3 Å². The number of rotatable bonds is 2. The van der Waals surface area contributed by atoms with Gasteiger partial charge in [0.25, 0.3) is 0 Å². The van der Waals surface area contributed by atoms with Gasteiger partial charge < -0.3 is 20.8 Å². The van der Waals surface area contributed by atoms with Crippen LogP contribution in [0.4, 0.5) is 4.79 Å². The number of ether oxygens (including phenoxy) is 1. The average molecular weight is 295 g/mol. The number of carbonyl (C=O) groups excluding carboxylic acids is 1. The molecule has 0 aliphatic carbocycles. The first-order chi connectivity index (χ1) is 9.63. The molecule has 7 heteroatoms. The largest absolute Gasteiger partial charge is 0.410 e. The molecule has 1 unspecified atom stereocenters. The van der Waals surface area contributed by atoms with Gasteiger partial charge in [0.15, 0.2) is 5.75 Å². The summed E-state index contributed by atoms with van der Waals surface area (Å²) in [5, 5.41) is 3.81. The van der Waals surface area contributed by atoms with E-state index in [2.05, 4.69) is 15.3 Å². The van der Waals surface area contributed by atoms with Crippen LogP contribution in [-0.4, -0.2) is 29.2 Å². The lowest BCUT2D eigenvalue weighted by Crippen LogP contribution is -2.28. The van der Waals surface area contributed by atoms with E-state index in [-0.39, 0.29) is 5.75 Å². The molecule has 0 saturated carbocycles. The number of hydrogen-bond acceptors (Lipinski definition) is 4. The fraction of sp³-hybridized carbons (Fsp3) is 0.385. The number of imidazole rings is 1. The Hall–Kier alpha value is -1.79. The maximum absolute atomic E-state index is 10.9. The molecule has 0 bridgehead atoms. The van der Waals surface area contributed by atoms with E-state index in [1.54, 1.807) is 12.1 Å². The third kappa shape index (κ3) is 2.57. The summed E-state index contributed by atoms with van der Waals surface area (Å²) in [7, 11) is 0. The molecule has 1 aromatic carbocycles. The smallest absolute Gasteiger partial charge is 0.408 e. The molecule has 1 aliphatic rings. The van der Waals surface area contributed by atoms with Crippen LogP contribution < -0.4 is 15.8 Å². The van der Waals surface area contributed by atoms with Crippen molar-refractivity contribution in [1.82, 2.24) is 15.3 Å². The zero-order valence-corrected chi connectivity index (χ0v) is 11.5. The summed E-state index contributed by atoms with van der Waals surface area (Å²) in [6.07, 6.45) is 1.32. The van der Waals surface area contributed by atoms with Crippen molar-refractivity contribution in [3.8, 4) is 5.75 Å². The summed E-state index contributed by atoms with van der Waals surface area (Å²) in [6, 6.07) is 3.30. The predicted molar refractivity (Wildman–Crippen MR) is 76.2 cm³/mol. The fourth-order valence-corrected chi connectivity index (χ4v) is 2.74. The Labute approximate surface area is 120 Å². The molecule has 6 nitrogen and oxygen atoms in total. The number of aromatic nitrogens is 2. The zero-order valence-electron chi connectivity index (χ0n) is 10.8. The number of benzene rings is 1.